The van der Waals surface area contributed by atoms with Crippen LogP contribution >= 0.6 is 0 Å². The van der Waals surface area contributed by atoms with Gasteiger partial charge in [-0.25, -0.2) is 0 Å². The van der Waals surface area contributed by atoms with Crippen molar-refractivity contribution >= 4 is 75.4 Å². The average molecular weight is 743 g/mol. The Bertz CT molecular complexity index is 3800. The van der Waals surface area contributed by atoms with Gasteiger partial charge in [0.15, 0.2) is 0 Å². The summed E-state index contributed by atoms with van der Waals surface area (Å²) >= 11 is 0. The summed E-state index contributed by atoms with van der Waals surface area (Å²) in [5, 5.41) is 18.2. The molecule has 0 amide bonds. The summed E-state index contributed by atoms with van der Waals surface area (Å²) in [6.45, 7) is 0. The monoisotopic (exact) mass is 742 g/mol. The first kappa shape index (κ1) is 31.5. The molecule has 0 fully saturated rings. The quantitative estimate of drug-likeness (QED) is 0.147. The van der Waals surface area contributed by atoms with Crippen molar-refractivity contribution in [2.75, 3.05) is 0 Å². The van der Waals surface area contributed by atoms with Crippen LogP contribution in [0.25, 0.3) is 109 Å². The highest BCUT2D eigenvalue weighted by Gasteiger charge is 2.54. The second kappa shape index (κ2) is 11.3. The zero-order chi connectivity index (χ0) is 38.4. The van der Waals surface area contributed by atoms with Gasteiger partial charge in [-0.3, -0.25) is 0 Å². The van der Waals surface area contributed by atoms with Crippen LogP contribution in [-0.2, 0) is 5.41 Å². The molecule has 0 N–H and O–H groups in total. The van der Waals surface area contributed by atoms with Gasteiger partial charge >= 0.3 is 0 Å². The number of fused-ring (bicyclic) bond motifs is 25. The topological polar surface area (TPSA) is 0 Å². The van der Waals surface area contributed by atoms with Gasteiger partial charge in [0.1, 0.15) is 0 Å². The van der Waals surface area contributed by atoms with Crippen molar-refractivity contribution in [2.24, 2.45) is 0 Å². The van der Waals surface area contributed by atoms with Gasteiger partial charge in [0, 0.05) is 0 Å². The van der Waals surface area contributed by atoms with Crippen LogP contribution in [0, 0.1) is 0 Å². The van der Waals surface area contributed by atoms with Gasteiger partial charge in [0.25, 0.3) is 0 Å². The number of hydrogen-bond donors (Lipinski definition) is 0. The molecule has 2 aliphatic carbocycles. The number of hydrogen-bond acceptors (Lipinski definition) is 0. The van der Waals surface area contributed by atoms with Crippen molar-refractivity contribution in [3.63, 3.8) is 0 Å². The van der Waals surface area contributed by atoms with Gasteiger partial charge in [0.2, 0.25) is 0 Å². The first-order chi connectivity index (χ1) is 29.3. The maximum absolute atomic E-state index is 2.59. The van der Waals surface area contributed by atoms with Crippen LogP contribution in [0.4, 0.5) is 0 Å². The molecule has 12 aromatic rings. The summed E-state index contributed by atoms with van der Waals surface area (Å²) in [5.74, 6) is 0. The minimum atomic E-state index is -0.514. The predicted octanol–water partition coefficient (Wildman–Crippen LogP) is 15.8. The highest BCUT2D eigenvalue weighted by Crippen LogP contribution is 2.67. The molecule has 2 aliphatic rings. The van der Waals surface area contributed by atoms with Crippen LogP contribution in [0.2, 0.25) is 0 Å². The Morgan fingerprint density at radius 2 is 0.576 bits per heavy atom. The molecule has 0 nitrogen and oxygen atoms in total. The summed E-state index contributed by atoms with van der Waals surface area (Å²) < 4.78 is 0. The maximum atomic E-state index is 2.59. The van der Waals surface area contributed by atoms with Gasteiger partial charge in [-0.2, -0.15) is 0 Å². The smallest absolute Gasteiger partial charge is 0.0619 e. The fourth-order valence-corrected chi connectivity index (χ4v) is 11.9. The Balaban J connectivity index is 1.23. The van der Waals surface area contributed by atoms with Gasteiger partial charge in [0.05, 0.1) is 5.41 Å². The lowest BCUT2D eigenvalue weighted by atomic mass is 9.68. The van der Waals surface area contributed by atoms with E-state index in [0.717, 1.165) is 0 Å². The number of benzene rings is 12. The molecule has 0 saturated carbocycles. The Morgan fingerprint density at radius 1 is 0.220 bits per heavy atom. The molecule has 59 heavy (non-hydrogen) atoms. The minimum absolute atomic E-state index is 0.514. The van der Waals surface area contributed by atoms with Crippen molar-refractivity contribution in [2.45, 2.75) is 5.41 Å². The van der Waals surface area contributed by atoms with Crippen LogP contribution in [0.1, 0.15) is 22.3 Å². The molecule has 0 atom stereocenters. The molecule has 0 heterocycles. The van der Waals surface area contributed by atoms with Crippen molar-refractivity contribution in [3.8, 4) is 33.4 Å². The largest absolute Gasteiger partial charge is 0.0737 e. The Morgan fingerprint density at radius 3 is 1.17 bits per heavy atom. The average Bonchev–Trinajstić information content (AvgIpc) is 3.79. The highest BCUT2D eigenvalue weighted by molar-refractivity contribution is 6.34. The molecular formula is C59H34. The van der Waals surface area contributed by atoms with Gasteiger partial charge in [-0.15, -0.1) is 0 Å². The molecule has 0 aromatic heterocycles. The lowest BCUT2D eigenvalue weighted by Crippen LogP contribution is -2.26. The van der Waals surface area contributed by atoms with Crippen LogP contribution in [0.5, 0.6) is 0 Å². The molecule has 0 saturated heterocycles. The predicted molar refractivity (Wildman–Crippen MR) is 251 cm³/mol. The van der Waals surface area contributed by atoms with Crippen molar-refractivity contribution < 1.29 is 0 Å². The molecule has 0 heteroatoms. The van der Waals surface area contributed by atoms with E-state index in [2.05, 4.69) is 206 Å². The normalized spacial score (nSPS) is 13.6. The van der Waals surface area contributed by atoms with E-state index in [1.807, 2.05) is 0 Å². The summed E-state index contributed by atoms with van der Waals surface area (Å²) in [6, 6.07) is 78.1. The van der Waals surface area contributed by atoms with Gasteiger partial charge < -0.3 is 0 Å². The molecule has 0 bridgehead atoms. The third kappa shape index (κ3) is 3.81. The van der Waals surface area contributed by atoms with E-state index < -0.39 is 5.41 Å². The van der Waals surface area contributed by atoms with Crippen LogP contribution in [0.15, 0.2) is 206 Å². The molecular weight excluding hydrogens is 709 g/mol. The lowest BCUT2D eigenvalue weighted by molar-refractivity contribution is 0.809. The van der Waals surface area contributed by atoms with Crippen molar-refractivity contribution in [3.05, 3.63) is 229 Å². The Labute approximate surface area is 341 Å². The summed E-state index contributed by atoms with van der Waals surface area (Å²) in [7, 11) is 0. The maximum Gasteiger partial charge on any atom is 0.0737 e. The van der Waals surface area contributed by atoms with E-state index in [1.54, 1.807) is 0 Å². The Kier molecular flexibility index (Phi) is 6.05. The SMILES string of the molecule is c1ccc2c(c1)-c1ccccc1C21c2c(cc(-c3cc4c5ccccc5c5ccccc5c4c4ccccc34)c3ccccc23)-c2c1c1ccccc1c1ccccc21. The summed E-state index contributed by atoms with van der Waals surface area (Å²) in [4.78, 5) is 0. The molecule has 0 radical (unpaired) electrons. The summed E-state index contributed by atoms with van der Waals surface area (Å²) in [6.07, 6.45) is 0. The van der Waals surface area contributed by atoms with E-state index in [4.69, 9.17) is 0 Å². The van der Waals surface area contributed by atoms with Crippen LogP contribution < -0.4 is 0 Å². The van der Waals surface area contributed by atoms with E-state index in [0.29, 0.717) is 0 Å². The molecule has 270 valence electrons. The van der Waals surface area contributed by atoms with E-state index in [-0.39, 0.29) is 0 Å². The first-order valence-corrected chi connectivity index (χ1v) is 20.8. The van der Waals surface area contributed by atoms with E-state index >= 15 is 0 Å². The van der Waals surface area contributed by atoms with Gasteiger partial charge in [-0.1, -0.05) is 194 Å². The van der Waals surface area contributed by atoms with Gasteiger partial charge in [-0.05, 0) is 143 Å². The first-order valence-electron chi connectivity index (χ1n) is 20.8. The highest BCUT2D eigenvalue weighted by atomic mass is 14.5. The summed E-state index contributed by atoms with van der Waals surface area (Å²) in [5.41, 5.74) is 12.9. The standard InChI is InChI=1S/C59H34/c1-2-21-39-35(17-1)36-18-3-8-26-44(36)55-45-27-9-5-22-40(45)49(33-51(39)55)50-34-52-56-46-28-10-4-19-37(46)38-20-6-12-30-48(38)58(56)59(57(52)47-29-11-7-23-41(47)50)53-31-15-13-24-42(53)43-25-14-16-32-54(43)59/h1-34H. The van der Waals surface area contributed by atoms with Crippen molar-refractivity contribution in [1.82, 2.24) is 0 Å². The molecule has 14 rings (SSSR count). The molecule has 0 aliphatic heterocycles. The second-order valence-corrected chi connectivity index (χ2v) is 16.6. The van der Waals surface area contributed by atoms with E-state index in [1.165, 1.54) is 131 Å². The molecule has 1 spiro atoms. The molecule has 12 aromatic carbocycles. The second-order valence-electron chi connectivity index (χ2n) is 16.6. The minimum Gasteiger partial charge on any atom is -0.0619 e. The zero-order valence-electron chi connectivity index (χ0n) is 32.1. The fourth-order valence-electron chi connectivity index (χ4n) is 11.9. The van der Waals surface area contributed by atoms with Crippen molar-refractivity contribution in [1.29, 1.82) is 0 Å². The fraction of sp³-hybridized carbons (Fsp3) is 0.0169. The Hall–Kier alpha value is -7.54. The van der Waals surface area contributed by atoms with Crippen LogP contribution in [0.3, 0.4) is 0 Å². The lowest BCUT2D eigenvalue weighted by Gasteiger charge is -2.33. The van der Waals surface area contributed by atoms with E-state index in [9.17, 15) is 0 Å². The third-order valence-corrected chi connectivity index (χ3v) is 14.0. The number of rotatable bonds is 1. The molecule has 0 unspecified atom stereocenters. The van der Waals surface area contributed by atoms with Crippen LogP contribution in [-0.4, -0.2) is 0 Å². The zero-order valence-corrected chi connectivity index (χ0v) is 32.1. The third-order valence-electron chi connectivity index (χ3n) is 14.0.